The number of hydrogen-bond donors (Lipinski definition) is 1. The molecule has 16 heteroatoms. The van der Waals surface area contributed by atoms with Crippen LogP contribution in [0.15, 0.2) is 23.1 Å². The van der Waals surface area contributed by atoms with Crippen LogP contribution in [0.2, 0.25) is 0 Å². The molecule has 2 saturated carbocycles. The molecule has 9 nitrogen and oxygen atoms in total. The largest absolute Gasteiger partial charge is 0.501 e. The Hall–Kier alpha value is -2.88. The number of nitrogens with zero attached hydrogens (tertiary/aromatic N) is 4. The van der Waals surface area contributed by atoms with E-state index in [0.717, 1.165) is 18.9 Å². The van der Waals surface area contributed by atoms with Crippen molar-refractivity contribution < 1.29 is 44.3 Å². The number of hydrogen-bond acceptors (Lipinski definition) is 6. The fourth-order valence-electron chi connectivity index (χ4n) is 5.89. The fraction of sp³-hybridized carbons (Fsp3) is 0.625. The first-order valence-electron chi connectivity index (χ1n) is 12.7. The third-order valence-corrected chi connectivity index (χ3v) is 9.76. The topological polar surface area (TPSA) is 108 Å². The zero-order chi connectivity index (χ0) is 28.7. The molecule has 1 spiro atoms. The van der Waals surface area contributed by atoms with Gasteiger partial charge in [0.05, 0.1) is 30.7 Å². The number of aromatic amines is 1. The summed E-state index contributed by atoms with van der Waals surface area (Å²) in [6.45, 7) is 1.44. The molecular formula is C24H25F6N5O4S. The Kier molecular flexibility index (Phi) is 6.18. The van der Waals surface area contributed by atoms with Crippen molar-refractivity contribution in [2.75, 3.05) is 26.2 Å². The van der Waals surface area contributed by atoms with Crippen molar-refractivity contribution in [1.82, 2.24) is 25.0 Å². The van der Waals surface area contributed by atoms with Crippen LogP contribution in [0.3, 0.4) is 0 Å². The Morgan fingerprint density at radius 1 is 1.07 bits per heavy atom. The molecule has 2 aliphatic carbocycles. The maximum absolute atomic E-state index is 14.2. The van der Waals surface area contributed by atoms with Gasteiger partial charge < -0.3 is 14.5 Å². The Labute approximate surface area is 224 Å². The maximum atomic E-state index is 14.2. The summed E-state index contributed by atoms with van der Waals surface area (Å²) in [5, 5.41) is 7.01. The number of sulfone groups is 1. The van der Waals surface area contributed by atoms with Crippen LogP contribution in [0.4, 0.5) is 31.1 Å². The van der Waals surface area contributed by atoms with Gasteiger partial charge in [0.15, 0.2) is 5.82 Å². The maximum Gasteiger partial charge on any atom is 0.501 e. The van der Waals surface area contributed by atoms with Crippen molar-refractivity contribution in [3.8, 4) is 0 Å². The summed E-state index contributed by atoms with van der Waals surface area (Å²) < 4.78 is 107. The molecule has 2 saturated heterocycles. The smallest absolute Gasteiger partial charge is 0.370 e. The van der Waals surface area contributed by atoms with E-state index in [0.29, 0.717) is 36.9 Å². The molecule has 4 aliphatic rings. The molecular weight excluding hydrogens is 568 g/mol. The lowest BCUT2D eigenvalue weighted by molar-refractivity contribution is -0.0886. The average molecular weight is 594 g/mol. The first kappa shape index (κ1) is 27.3. The van der Waals surface area contributed by atoms with E-state index >= 15 is 0 Å². The van der Waals surface area contributed by atoms with E-state index in [1.807, 2.05) is 0 Å². The summed E-state index contributed by atoms with van der Waals surface area (Å²) in [7, 11) is -5.65. The summed E-state index contributed by atoms with van der Waals surface area (Å²) in [4.78, 5) is 19.3. The van der Waals surface area contributed by atoms with Crippen molar-refractivity contribution in [3.63, 3.8) is 0 Å². The normalized spacial score (nSPS) is 22.9. The van der Waals surface area contributed by atoms with E-state index in [-0.39, 0.29) is 67.5 Å². The number of nitrogens with one attached hydrogen (secondary N) is 1. The van der Waals surface area contributed by atoms with Gasteiger partial charge in [-0.3, -0.25) is 5.10 Å². The van der Waals surface area contributed by atoms with E-state index in [2.05, 4.69) is 15.2 Å². The number of rotatable bonds is 6. The minimum absolute atomic E-state index is 0.00860. The second kappa shape index (κ2) is 9.06. The van der Waals surface area contributed by atoms with Crippen LogP contribution >= 0.6 is 0 Å². The quantitative estimate of drug-likeness (QED) is 0.509. The number of aromatic nitrogens is 3. The van der Waals surface area contributed by atoms with Gasteiger partial charge in [-0.2, -0.15) is 18.3 Å². The Morgan fingerprint density at radius 3 is 2.35 bits per heavy atom. The highest BCUT2D eigenvalue weighted by Gasteiger charge is 2.56. The van der Waals surface area contributed by atoms with E-state index in [9.17, 15) is 39.6 Å². The van der Waals surface area contributed by atoms with Gasteiger partial charge in [-0.25, -0.2) is 31.4 Å². The first-order chi connectivity index (χ1) is 18.6. The Morgan fingerprint density at radius 2 is 1.75 bits per heavy atom. The third-order valence-electron chi connectivity index (χ3n) is 8.28. The molecule has 218 valence electrons. The predicted octanol–water partition coefficient (Wildman–Crippen LogP) is 3.95. The number of carbonyl (C=O) groups excluding carboxylic acids is 1. The second-order valence-corrected chi connectivity index (χ2v) is 13.3. The Balaban J connectivity index is 0.919. The standard InChI is InChI=1S/C24H25F6N5O4S/c25-18-3-17(40(37,38)24(28,29)30)2-1-13(18)10-39-16-8-34(9-16)21(36)35-11-22(12-35)4-14(5-22)19-31-20(33-32-19)15-6-23(26,27)7-15/h1-3,14-16H,4-12H2,(H,31,32,33). The molecule has 40 heavy (non-hydrogen) atoms. The molecule has 1 aromatic carbocycles. The molecule has 0 atom stereocenters. The highest BCUT2D eigenvalue weighted by Crippen LogP contribution is 2.56. The number of carbonyl (C=O) groups is 1. The van der Waals surface area contributed by atoms with Crippen LogP contribution in [0.25, 0.3) is 0 Å². The number of H-pyrrole nitrogens is 1. The highest BCUT2D eigenvalue weighted by molar-refractivity contribution is 7.92. The van der Waals surface area contributed by atoms with Crippen LogP contribution in [-0.4, -0.2) is 83.1 Å². The fourth-order valence-corrected chi connectivity index (χ4v) is 6.66. The molecule has 0 radical (unpaired) electrons. The number of urea groups is 1. The van der Waals surface area contributed by atoms with Crippen molar-refractivity contribution >= 4 is 15.9 Å². The molecule has 2 aliphatic heterocycles. The van der Waals surface area contributed by atoms with E-state index < -0.39 is 32.0 Å². The molecule has 6 rings (SSSR count). The average Bonchev–Trinajstić information content (AvgIpc) is 3.24. The summed E-state index contributed by atoms with van der Waals surface area (Å²) in [5.41, 5.74) is -5.62. The van der Waals surface area contributed by atoms with Gasteiger partial charge in [0, 0.05) is 48.7 Å². The molecule has 0 unspecified atom stereocenters. The summed E-state index contributed by atoms with van der Waals surface area (Å²) in [6, 6.07) is 1.79. The zero-order valence-electron chi connectivity index (χ0n) is 20.9. The highest BCUT2D eigenvalue weighted by atomic mass is 32.2. The number of alkyl halides is 5. The van der Waals surface area contributed by atoms with Gasteiger partial charge >= 0.3 is 11.5 Å². The van der Waals surface area contributed by atoms with Crippen molar-refractivity contribution in [2.24, 2.45) is 5.41 Å². The SMILES string of the molecule is O=C(N1CC(OCc2ccc(S(=O)(=O)C(F)(F)F)cc2F)C1)N1CC2(CC(c3n[nH]c(C4CC(F)(F)C4)n3)C2)C1. The minimum atomic E-state index is -5.65. The van der Waals surface area contributed by atoms with Gasteiger partial charge in [0.1, 0.15) is 11.6 Å². The predicted molar refractivity (Wildman–Crippen MR) is 124 cm³/mol. The summed E-state index contributed by atoms with van der Waals surface area (Å²) in [6.07, 6.45) is 0.820. The van der Waals surface area contributed by atoms with Crippen LogP contribution in [-0.2, 0) is 21.2 Å². The van der Waals surface area contributed by atoms with Gasteiger partial charge in [0.25, 0.3) is 9.84 Å². The van der Waals surface area contributed by atoms with Crippen molar-refractivity contribution in [1.29, 1.82) is 0 Å². The number of amides is 2. The molecule has 3 heterocycles. The van der Waals surface area contributed by atoms with Gasteiger partial charge in [0.2, 0.25) is 5.92 Å². The van der Waals surface area contributed by atoms with E-state index in [4.69, 9.17) is 4.74 Å². The number of likely N-dealkylation sites (tertiary alicyclic amines) is 2. The lowest BCUT2D eigenvalue weighted by Crippen LogP contribution is -2.68. The second-order valence-electron chi connectivity index (χ2n) is 11.3. The van der Waals surface area contributed by atoms with E-state index in [1.54, 1.807) is 9.80 Å². The molecule has 0 bridgehead atoms. The summed E-state index contributed by atoms with van der Waals surface area (Å²) in [5.74, 6) is -2.76. The minimum Gasteiger partial charge on any atom is -0.370 e. The molecule has 1 aromatic heterocycles. The van der Waals surface area contributed by atoms with Crippen molar-refractivity contribution in [3.05, 3.63) is 41.2 Å². The lowest BCUT2D eigenvalue weighted by atomic mass is 9.57. The van der Waals surface area contributed by atoms with Gasteiger partial charge in [-0.1, -0.05) is 6.07 Å². The molecule has 2 aromatic rings. The monoisotopic (exact) mass is 593 g/mol. The third kappa shape index (κ3) is 4.72. The molecule has 4 fully saturated rings. The molecule has 1 N–H and O–H groups in total. The number of ether oxygens (including phenoxy) is 1. The Bertz CT molecular complexity index is 1420. The zero-order valence-corrected chi connectivity index (χ0v) is 21.7. The van der Waals surface area contributed by atoms with Crippen LogP contribution in [0.5, 0.6) is 0 Å². The van der Waals surface area contributed by atoms with Crippen LogP contribution in [0.1, 0.15) is 54.7 Å². The lowest BCUT2D eigenvalue weighted by Gasteiger charge is -2.59. The molecule has 2 amide bonds. The van der Waals surface area contributed by atoms with Crippen molar-refractivity contribution in [2.45, 2.75) is 66.6 Å². The van der Waals surface area contributed by atoms with Gasteiger partial charge in [-0.15, -0.1) is 0 Å². The van der Waals surface area contributed by atoms with Crippen LogP contribution < -0.4 is 0 Å². The van der Waals surface area contributed by atoms with E-state index in [1.165, 1.54) is 0 Å². The van der Waals surface area contributed by atoms with Gasteiger partial charge in [-0.05, 0) is 25.0 Å². The first-order valence-corrected chi connectivity index (χ1v) is 14.2. The number of halogens is 6. The number of benzene rings is 1. The van der Waals surface area contributed by atoms with Crippen LogP contribution in [0, 0.1) is 11.2 Å². The summed E-state index contributed by atoms with van der Waals surface area (Å²) >= 11 is 0.